The van der Waals surface area contributed by atoms with Gasteiger partial charge in [-0.15, -0.1) is 12.4 Å². The molecule has 0 bridgehead atoms. The Kier molecular flexibility index (Phi) is 7.36. The molecule has 2 N–H and O–H groups in total. The van der Waals surface area contributed by atoms with E-state index in [1.54, 1.807) is 4.68 Å². The van der Waals surface area contributed by atoms with Crippen LogP contribution in [-0.2, 0) is 11.8 Å². The van der Waals surface area contributed by atoms with Gasteiger partial charge in [-0.2, -0.15) is 5.10 Å². The van der Waals surface area contributed by atoms with Crippen LogP contribution in [0.3, 0.4) is 0 Å². The number of carbonyl (C=O) groups is 1. The van der Waals surface area contributed by atoms with Crippen molar-refractivity contribution in [3.05, 3.63) is 11.9 Å². The van der Waals surface area contributed by atoms with Crippen molar-refractivity contribution in [1.29, 1.82) is 0 Å². The summed E-state index contributed by atoms with van der Waals surface area (Å²) in [6, 6.07) is 0. The number of rotatable bonds is 5. The average molecular weight is 329 g/mol. The molecular formula is C16H29ClN4O. The molecule has 6 heteroatoms. The molecule has 22 heavy (non-hydrogen) atoms. The van der Waals surface area contributed by atoms with Gasteiger partial charge in [0.25, 0.3) is 0 Å². The lowest BCUT2D eigenvalue weighted by atomic mass is 9.85. The zero-order chi connectivity index (χ0) is 15.4. The molecule has 1 aromatic rings. The molecule has 2 unspecified atom stereocenters. The number of hydrogen-bond donors (Lipinski definition) is 2. The summed E-state index contributed by atoms with van der Waals surface area (Å²) < 4.78 is 1.76. The molecule has 1 fully saturated rings. The Labute approximate surface area is 139 Å². The fourth-order valence-electron chi connectivity index (χ4n) is 3.05. The number of aromatic nitrogens is 2. The summed E-state index contributed by atoms with van der Waals surface area (Å²) in [5.41, 5.74) is 1.81. The lowest BCUT2D eigenvalue weighted by Crippen LogP contribution is -2.34. The quantitative estimate of drug-likeness (QED) is 0.873. The molecule has 0 radical (unpaired) electrons. The third kappa shape index (κ3) is 4.99. The second kappa shape index (κ2) is 8.53. The first-order chi connectivity index (χ1) is 9.97. The summed E-state index contributed by atoms with van der Waals surface area (Å²) in [7, 11) is 1.89. The van der Waals surface area contributed by atoms with Gasteiger partial charge in [0.05, 0.1) is 11.4 Å². The Balaban J connectivity index is 0.00000242. The highest BCUT2D eigenvalue weighted by Gasteiger charge is 2.23. The number of hydrogen-bond acceptors (Lipinski definition) is 3. The fourth-order valence-corrected chi connectivity index (χ4v) is 3.05. The van der Waals surface area contributed by atoms with Crippen LogP contribution in [-0.4, -0.2) is 28.8 Å². The van der Waals surface area contributed by atoms with Gasteiger partial charge in [0.2, 0.25) is 5.91 Å². The van der Waals surface area contributed by atoms with Gasteiger partial charge < -0.3 is 10.6 Å². The number of amides is 1. The molecule has 2 heterocycles. The molecule has 0 spiro atoms. The van der Waals surface area contributed by atoms with Gasteiger partial charge in [-0.1, -0.05) is 20.8 Å². The summed E-state index contributed by atoms with van der Waals surface area (Å²) in [6.45, 7) is 8.52. The van der Waals surface area contributed by atoms with E-state index in [2.05, 4.69) is 36.5 Å². The Bertz CT molecular complexity index is 480. The van der Waals surface area contributed by atoms with E-state index in [9.17, 15) is 4.79 Å². The number of nitrogens with zero attached hydrogens (tertiary/aromatic N) is 2. The molecule has 0 aliphatic carbocycles. The van der Waals surface area contributed by atoms with Crippen LogP contribution in [0.2, 0.25) is 0 Å². The van der Waals surface area contributed by atoms with Crippen LogP contribution in [0.1, 0.15) is 51.6 Å². The number of aryl methyl sites for hydroxylation is 1. The van der Waals surface area contributed by atoms with Crippen LogP contribution < -0.4 is 10.6 Å². The average Bonchev–Trinajstić information content (AvgIpc) is 2.80. The number of nitrogens with one attached hydrogen (secondary N) is 2. The van der Waals surface area contributed by atoms with Gasteiger partial charge in [-0.25, -0.2) is 0 Å². The predicted molar refractivity (Wildman–Crippen MR) is 92.5 cm³/mol. The first-order valence-corrected chi connectivity index (χ1v) is 8.01. The van der Waals surface area contributed by atoms with Gasteiger partial charge in [0, 0.05) is 19.7 Å². The summed E-state index contributed by atoms with van der Waals surface area (Å²) in [4.78, 5) is 12.3. The van der Waals surface area contributed by atoms with Crippen molar-refractivity contribution in [2.24, 2.45) is 18.9 Å². The minimum absolute atomic E-state index is 0. The maximum Gasteiger partial charge on any atom is 0.224 e. The summed E-state index contributed by atoms with van der Waals surface area (Å²) in [5, 5.41) is 10.9. The normalized spacial score (nSPS) is 19.6. The first-order valence-electron chi connectivity index (χ1n) is 8.01. The first kappa shape index (κ1) is 19.0. The van der Waals surface area contributed by atoms with Crippen molar-refractivity contribution < 1.29 is 4.79 Å². The molecule has 1 aliphatic heterocycles. The van der Waals surface area contributed by atoms with Gasteiger partial charge in [0.15, 0.2) is 0 Å². The van der Waals surface area contributed by atoms with Crippen LogP contribution in [0, 0.1) is 11.8 Å². The van der Waals surface area contributed by atoms with Crippen LogP contribution in [0.4, 0.5) is 5.69 Å². The molecule has 1 aromatic heterocycles. The molecule has 5 nitrogen and oxygen atoms in total. The van der Waals surface area contributed by atoms with Crippen molar-refractivity contribution >= 4 is 24.0 Å². The summed E-state index contributed by atoms with van der Waals surface area (Å²) in [5.74, 6) is 1.43. The second-order valence-corrected chi connectivity index (χ2v) is 6.59. The fraction of sp³-hybridized carbons (Fsp3) is 0.750. The topological polar surface area (TPSA) is 59.0 Å². The maximum atomic E-state index is 12.3. The molecule has 2 rings (SSSR count). The van der Waals surface area contributed by atoms with E-state index in [1.807, 2.05) is 13.2 Å². The number of piperidine rings is 1. The third-order valence-corrected chi connectivity index (χ3v) is 4.33. The lowest BCUT2D eigenvalue weighted by molar-refractivity contribution is -0.117. The second-order valence-electron chi connectivity index (χ2n) is 6.59. The van der Waals surface area contributed by atoms with Gasteiger partial charge in [-0.05, 0) is 43.7 Å². The van der Waals surface area contributed by atoms with Crippen LogP contribution in [0.25, 0.3) is 0 Å². The maximum absolute atomic E-state index is 12.3. The third-order valence-electron chi connectivity index (χ3n) is 4.33. The van der Waals surface area contributed by atoms with Crippen molar-refractivity contribution in [2.75, 3.05) is 18.4 Å². The van der Waals surface area contributed by atoms with E-state index in [4.69, 9.17) is 0 Å². The number of anilines is 1. The van der Waals surface area contributed by atoms with Crippen molar-refractivity contribution in [3.8, 4) is 0 Å². The van der Waals surface area contributed by atoms with E-state index >= 15 is 0 Å². The van der Waals surface area contributed by atoms with Crippen molar-refractivity contribution in [1.82, 2.24) is 15.1 Å². The molecule has 1 saturated heterocycles. The highest BCUT2D eigenvalue weighted by atomic mass is 35.5. The number of carbonyl (C=O) groups excluding carboxylic acids is 1. The van der Waals surface area contributed by atoms with Crippen LogP contribution in [0.5, 0.6) is 0 Å². The Morgan fingerprint density at radius 2 is 2.23 bits per heavy atom. The van der Waals surface area contributed by atoms with Crippen molar-refractivity contribution in [3.63, 3.8) is 0 Å². The summed E-state index contributed by atoms with van der Waals surface area (Å²) >= 11 is 0. The Morgan fingerprint density at radius 3 is 2.82 bits per heavy atom. The molecular weight excluding hydrogens is 300 g/mol. The van der Waals surface area contributed by atoms with Crippen LogP contribution in [0.15, 0.2) is 6.20 Å². The van der Waals surface area contributed by atoms with Gasteiger partial charge in [-0.3, -0.25) is 9.48 Å². The van der Waals surface area contributed by atoms with E-state index in [1.165, 1.54) is 12.8 Å². The standard InChI is InChI=1S/C16H28N4O.ClH/c1-11(2)16-14(10-20(4)19-16)18-15(21)8-12(3)13-6-5-7-17-9-13;/h10-13,17H,5-9H2,1-4H3,(H,18,21);1H. The predicted octanol–water partition coefficient (Wildman–Crippen LogP) is 2.93. The molecule has 1 aliphatic rings. The van der Waals surface area contributed by atoms with Crippen molar-refractivity contribution in [2.45, 2.75) is 46.0 Å². The smallest absolute Gasteiger partial charge is 0.224 e. The largest absolute Gasteiger partial charge is 0.323 e. The van der Waals surface area contributed by atoms with Gasteiger partial charge in [0.1, 0.15) is 0 Å². The SMILES string of the molecule is CC(C)c1nn(C)cc1NC(=O)CC(C)C1CCCNC1.Cl. The molecule has 0 aromatic carbocycles. The highest BCUT2D eigenvalue weighted by molar-refractivity contribution is 5.91. The van der Waals surface area contributed by atoms with E-state index < -0.39 is 0 Å². The molecule has 1 amide bonds. The molecule has 2 atom stereocenters. The van der Waals surface area contributed by atoms with E-state index in [0.717, 1.165) is 24.5 Å². The van der Waals surface area contributed by atoms with E-state index in [-0.39, 0.29) is 18.3 Å². The molecule has 0 saturated carbocycles. The lowest BCUT2D eigenvalue weighted by Gasteiger charge is -2.28. The Morgan fingerprint density at radius 1 is 1.50 bits per heavy atom. The monoisotopic (exact) mass is 328 g/mol. The van der Waals surface area contributed by atoms with Crippen LogP contribution >= 0.6 is 12.4 Å². The summed E-state index contributed by atoms with van der Waals surface area (Å²) in [6.07, 6.45) is 4.92. The van der Waals surface area contributed by atoms with E-state index in [0.29, 0.717) is 24.2 Å². The highest BCUT2D eigenvalue weighted by Crippen LogP contribution is 2.25. The zero-order valence-corrected chi connectivity index (χ0v) is 14.9. The number of halogens is 1. The zero-order valence-electron chi connectivity index (χ0n) is 14.1. The minimum Gasteiger partial charge on any atom is -0.323 e. The Hall–Kier alpha value is -1.07. The minimum atomic E-state index is 0. The van der Waals surface area contributed by atoms with Gasteiger partial charge >= 0.3 is 0 Å². The molecule has 126 valence electrons.